The largest absolute Gasteiger partial charge is 0.459 e. The van der Waals surface area contributed by atoms with E-state index in [-0.39, 0.29) is 41.6 Å². The van der Waals surface area contributed by atoms with Gasteiger partial charge in [0.05, 0.1) is 29.2 Å². The summed E-state index contributed by atoms with van der Waals surface area (Å²) in [6.45, 7) is 7.64. The molecule has 0 aromatic heterocycles. The minimum absolute atomic E-state index is 0.0144. The number of carbonyl (C=O) groups is 3. The van der Waals surface area contributed by atoms with E-state index in [1.807, 2.05) is 13.8 Å². The van der Waals surface area contributed by atoms with Crippen molar-refractivity contribution in [2.75, 3.05) is 4.90 Å². The van der Waals surface area contributed by atoms with Gasteiger partial charge in [-0.1, -0.05) is 29.4 Å². The SMILES string of the molecule is CC(C)=C1[C@H]2C=C[C@H]1[C@@H]1C(=O)N(c3cccc(C(=O)OC(C)C)c3)C(=O)[C@H]12. The summed E-state index contributed by atoms with van der Waals surface area (Å²) in [6, 6.07) is 6.57. The molecule has 1 saturated heterocycles. The number of imide groups is 1. The van der Waals surface area contributed by atoms with Crippen LogP contribution < -0.4 is 4.90 Å². The van der Waals surface area contributed by atoms with Crippen LogP contribution in [0.3, 0.4) is 0 Å². The van der Waals surface area contributed by atoms with Gasteiger partial charge >= 0.3 is 5.97 Å². The Morgan fingerprint density at radius 2 is 1.63 bits per heavy atom. The lowest BCUT2D eigenvalue weighted by molar-refractivity contribution is -0.122. The smallest absolute Gasteiger partial charge is 0.338 e. The Labute approximate surface area is 158 Å². The maximum atomic E-state index is 13.1. The van der Waals surface area contributed by atoms with Crippen molar-refractivity contribution in [3.63, 3.8) is 0 Å². The molecular weight excluding hydrogens is 342 g/mol. The van der Waals surface area contributed by atoms with Gasteiger partial charge in [0, 0.05) is 11.8 Å². The van der Waals surface area contributed by atoms with Crippen LogP contribution in [0, 0.1) is 23.7 Å². The highest BCUT2D eigenvalue weighted by atomic mass is 16.5. The quantitative estimate of drug-likeness (QED) is 0.467. The fraction of sp³-hybridized carbons (Fsp3) is 0.409. The molecule has 1 aromatic carbocycles. The van der Waals surface area contributed by atoms with Crippen molar-refractivity contribution in [2.45, 2.75) is 33.8 Å². The van der Waals surface area contributed by atoms with Gasteiger partial charge in [0.1, 0.15) is 0 Å². The molecule has 27 heavy (non-hydrogen) atoms. The molecule has 2 amide bonds. The van der Waals surface area contributed by atoms with Gasteiger partial charge in [-0.25, -0.2) is 9.69 Å². The van der Waals surface area contributed by atoms with Crippen molar-refractivity contribution in [3.8, 4) is 0 Å². The Balaban J connectivity index is 1.67. The van der Waals surface area contributed by atoms with Gasteiger partial charge in [-0.15, -0.1) is 0 Å². The number of fused-ring (bicyclic) bond motifs is 5. The normalized spacial score (nSPS) is 28.3. The summed E-state index contributed by atoms with van der Waals surface area (Å²) in [6.07, 6.45) is 3.90. The highest BCUT2D eigenvalue weighted by Gasteiger charge is 2.61. The molecule has 2 bridgehead atoms. The molecule has 1 aromatic rings. The number of nitrogens with zero attached hydrogens (tertiary/aromatic N) is 1. The second-order valence-electron chi connectivity index (χ2n) is 7.96. The Morgan fingerprint density at radius 1 is 1.04 bits per heavy atom. The van der Waals surface area contributed by atoms with Crippen molar-refractivity contribution in [2.24, 2.45) is 23.7 Å². The van der Waals surface area contributed by atoms with Gasteiger partial charge in [0.2, 0.25) is 11.8 Å². The van der Waals surface area contributed by atoms with Crippen molar-refractivity contribution in [1.29, 1.82) is 0 Å². The van der Waals surface area contributed by atoms with E-state index in [1.165, 1.54) is 16.0 Å². The van der Waals surface area contributed by atoms with Crippen LogP contribution in [0.4, 0.5) is 5.69 Å². The number of hydrogen-bond acceptors (Lipinski definition) is 4. The number of hydrogen-bond donors (Lipinski definition) is 0. The van der Waals surface area contributed by atoms with Gasteiger partial charge in [-0.2, -0.15) is 0 Å². The average molecular weight is 365 g/mol. The molecule has 0 unspecified atom stereocenters. The van der Waals surface area contributed by atoms with Crippen molar-refractivity contribution in [1.82, 2.24) is 0 Å². The first-order valence-electron chi connectivity index (χ1n) is 9.35. The van der Waals surface area contributed by atoms with E-state index in [1.54, 1.807) is 38.1 Å². The number of carbonyl (C=O) groups excluding carboxylic acids is 3. The molecule has 5 heteroatoms. The summed E-state index contributed by atoms with van der Waals surface area (Å²) in [5.74, 6) is -1.43. The first-order chi connectivity index (χ1) is 12.8. The number of anilines is 1. The average Bonchev–Trinajstić information content (AvgIpc) is 3.24. The fourth-order valence-electron chi connectivity index (χ4n) is 4.74. The second-order valence-corrected chi connectivity index (χ2v) is 7.96. The third-order valence-electron chi connectivity index (χ3n) is 5.68. The Morgan fingerprint density at radius 3 is 2.15 bits per heavy atom. The predicted molar refractivity (Wildman–Crippen MR) is 101 cm³/mol. The Hall–Kier alpha value is -2.69. The zero-order valence-corrected chi connectivity index (χ0v) is 15.9. The third kappa shape index (κ3) is 2.56. The molecule has 140 valence electrons. The van der Waals surface area contributed by atoms with Crippen LogP contribution in [0.5, 0.6) is 0 Å². The van der Waals surface area contributed by atoms with Crippen LogP contribution >= 0.6 is 0 Å². The van der Waals surface area contributed by atoms with Gasteiger partial charge < -0.3 is 4.74 Å². The molecule has 2 fully saturated rings. The lowest BCUT2D eigenvalue weighted by atomic mass is 9.85. The summed E-state index contributed by atoms with van der Waals surface area (Å²) in [5, 5.41) is 0. The molecule has 0 N–H and O–H groups in total. The van der Waals surface area contributed by atoms with E-state index in [4.69, 9.17) is 4.74 Å². The van der Waals surface area contributed by atoms with Crippen molar-refractivity contribution in [3.05, 3.63) is 53.1 Å². The molecule has 0 radical (unpaired) electrons. The van der Waals surface area contributed by atoms with Gasteiger partial charge in [-0.3, -0.25) is 9.59 Å². The number of esters is 1. The van der Waals surface area contributed by atoms with E-state index < -0.39 is 5.97 Å². The number of ether oxygens (including phenoxy) is 1. The highest BCUT2D eigenvalue weighted by Crippen LogP contribution is 2.57. The topological polar surface area (TPSA) is 63.7 Å². The molecule has 2 aliphatic carbocycles. The molecule has 0 spiro atoms. The highest BCUT2D eigenvalue weighted by molar-refractivity contribution is 6.23. The zero-order valence-electron chi connectivity index (χ0n) is 15.9. The molecule has 5 nitrogen and oxygen atoms in total. The van der Waals surface area contributed by atoms with Crippen LogP contribution in [0.25, 0.3) is 0 Å². The maximum absolute atomic E-state index is 13.1. The third-order valence-corrected chi connectivity index (χ3v) is 5.68. The number of allylic oxidation sites excluding steroid dienone is 4. The van der Waals surface area contributed by atoms with E-state index in [9.17, 15) is 14.4 Å². The van der Waals surface area contributed by atoms with E-state index in [0.717, 1.165) is 0 Å². The maximum Gasteiger partial charge on any atom is 0.338 e. The van der Waals surface area contributed by atoms with Gasteiger partial charge in [0.15, 0.2) is 0 Å². The number of rotatable bonds is 3. The minimum atomic E-state index is -0.459. The van der Waals surface area contributed by atoms with Gasteiger partial charge in [-0.05, 0) is 45.9 Å². The van der Waals surface area contributed by atoms with Gasteiger partial charge in [0.25, 0.3) is 0 Å². The Bertz CT molecular complexity index is 873. The minimum Gasteiger partial charge on any atom is -0.459 e. The summed E-state index contributed by atoms with van der Waals surface area (Å²) < 4.78 is 5.22. The van der Waals surface area contributed by atoms with Crippen molar-refractivity contribution >= 4 is 23.5 Å². The van der Waals surface area contributed by atoms with E-state index in [0.29, 0.717) is 11.3 Å². The number of benzene rings is 1. The zero-order chi connectivity index (χ0) is 19.5. The van der Waals surface area contributed by atoms with Crippen LogP contribution in [0.2, 0.25) is 0 Å². The lowest BCUT2D eigenvalue weighted by Crippen LogP contribution is -2.33. The molecule has 4 atom stereocenters. The summed E-state index contributed by atoms with van der Waals surface area (Å²) in [4.78, 5) is 39.7. The molecule has 1 heterocycles. The molecular formula is C22H23NO4. The fourth-order valence-corrected chi connectivity index (χ4v) is 4.74. The molecule has 4 rings (SSSR count). The monoisotopic (exact) mass is 365 g/mol. The first-order valence-corrected chi connectivity index (χ1v) is 9.35. The van der Waals surface area contributed by atoms with Crippen LogP contribution in [-0.2, 0) is 14.3 Å². The standard InChI is InChI=1S/C22H23NO4/c1-11(2)17-15-8-9-16(17)19-18(15)20(24)23(21(19)25)14-7-5-6-13(10-14)22(26)27-12(3)4/h5-10,12,15-16,18-19H,1-4H3/t15-,16-,18+,19+/m1/s1. The molecule has 1 saturated carbocycles. The first kappa shape index (κ1) is 17.7. The number of amides is 2. The van der Waals surface area contributed by atoms with Crippen LogP contribution in [-0.4, -0.2) is 23.9 Å². The molecule has 1 aliphatic heterocycles. The summed E-state index contributed by atoms with van der Waals surface area (Å²) in [5.41, 5.74) is 3.19. The summed E-state index contributed by atoms with van der Waals surface area (Å²) >= 11 is 0. The lowest BCUT2D eigenvalue weighted by Gasteiger charge is -2.20. The van der Waals surface area contributed by atoms with Crippen LogP contribution in [0.1, 0.15) is 38.1 Å². The van der Waals surface area contributed by atoms with Crippen molar-refractivity contribution < 1.29 is 19.1 Å². The Kier molecular flexibility index (Phi) is 4.06. The van der Waals surface area contributed by atoms with E-state index in [2.05, 4.69) is 12.2 Å². The second kappa shape index (κ2) is 6.19. The summed E-state index contributed by atoms with van der Waals surface area (Å²) in [7, 11) is 0. The van der Waals surface area contributed by atoms with Crippen LogP contribution in [0.15, 0.2) is 47.6 Å². The molecule has 3 aliphatic rings. The van der Waals surface area contributed by atoms with E-state index >= 15 is 0 Å². The predicted octanol–water partition coefficient (Wildman–Crippen LogP) is 3.51.